The Morgan fingerprint density at radius 2 is 1.68 bits per heavy atom. The fourth-order valence-corrected chi connectivity index (χ4v) is 2.59. The Kier molecular flexibility index (Phi) is 5.53. The van der Waals surface area contributed by atoms with Gasteiger partial charge < -0.3 is 5.73 Å². The van der Waals surface area contributed by atoms with Gasteiger partial charge in [-0.25, -0.2) is 14.6 Å². The van der Waals surface area contributed by atoms with Gasteiger partial charge in [0.1, 0.15) is 17.7 Å². The van der Waals surface area contributed by atoms with Crippen LogP contribution in [-0.2, 0) is 17.1 Å². The lowest BCUT2D eigenvalue weighted by atomic mass is 10.1. The monoisotopic (exact) mass is 442 g/mol. The second-order valence-electron chi connectivity index (χ2n) is 6.21. The van der Waals surface area contributed by atoms with Gasteiger partial charge in [-0.3, -0.25) is 9.78 Å². The number of amides is 1. The molecule has 7 nitrogen and oxygen atoms in total. The van der Waals surface area contributed by atoms with E-state index in [2.05, 4.69) is 20.1 Å². The van der Waals surface area contributed by atoms with E-state index in [0.29, 0.717) is 23.4 Å². The second kappa shape index (κ2) is 7.81. The van der Waals surface area contributed by atoms with Gasteiger partial charge in [-0.05, 0) is 25.1 Å². The van der Waals surface area contributed by atoms with Crippen molar-refractivity contribution in [2.45, 2.75) is 19.3 Å². The molecule has 0 saturated carbocycles. The van der Waals surface area contributed by atoms with E-state index in [1.165, 1.54) is 6.20 Å². The molecule has 3 heterocycles. The van der Waals surface area contributed by atoms with Crippen molar-refractivity contribution in [1.82, 2.24) is 24.7 Å². The second-order valence-corrected chi connectivity index (χ2v) is 6.21. The molecule has 0 aliphatic rings. The van der Waals surface area contributed by atoms with Gasteiger partial charge in [0.25, 0.3) is 5.91 Å². The molecule has 0 unspecified atom stereocenters. The number of pyridine rings is 2. The van der Waals surface area contributed by atoms with Gasteiger partial charge in [0.2, 0.25) is 0 Å². The number of hydrogen-bond acceptors (Lipinski definition) is 5. The van der Waals surface area contributed by atoms with Crippen LogP contribution in [0.5, 0.6) is 0 Å². The van der Waals surface area contributed by atoms with Gasteiger partial charge >= 0.3 is 12.4 Å². The van der Waals surface area contributed by atoms with E-state index >= 15 is 0 Å². The summed E-state index contributed by atoms with van der Waals surface area (Å²) in [4.78, 5) is 22.3. The van der Waals surface area contributed by atoms with Crippen molar-refractivity contribution in [3.63, 3.8) is 0 Å². The molecule has 0 saturated heterocycles. The zero-order chi connectivity index (χ0) is 23.0. The Morgan fingerprint density at radius 1 is 1.06 bits per heavy atom. The molecular weight excluding hydrogens is 430 g/mol. The average Bonchev–Trinajstić information content (AvgIpc) is 3.14. The Morgan fingerprint density at radius 3 is 2.19 bits per heavy atom. The molecule has 3 rings (SSSR count). The van der Waals surface area contributed by atoms with Crippen LogP contribution >= 0.6 is 0 Å². The predicted octanol–water partition coefficient (Wildman–Crippen LogP) is 3.56. The number of carbonyl (C=O) groups excluding carboxylic acids is 1. The number of carbonyl (C=O) groups is 1. The summed E-state index contributed by atoms with van der Waals surface area (Å²) in [6, 6.07) is 3.92. The van der Waals surface area contributed by atoms with Crippen molar-refractivity contribution in [3.8, 4) is 11.4 Å². The molecule has 0 spiro atoms. The van der Waals surface area contributed by atoms with Crippen molar-refractivity contribution in [3.05, 3.63) is 59.4 Å². The van der Waals surface area contributed by atoms with Gasteiger partial charge in [0.05, 0.1) is 5.57 Å². The van der Waals surface area contributed by atoms with Crippen LogP contribution in [0.15, 0.2) is 36.8 Å². The first-order chi connectivity index (χ1) is 14.4. The first-order valence-corrected chi connectivity index (χ1v) is 8.38. The summed E-state index contributed by atoms with van der Waals surface area (Å²) in [7, 11) is 0. The number of aryl methyl sites for hydroxylation is 1. The number of halogens is 6. The fourth-order valence-electron chi connectivity index (χ4n) is 2.59. The average molecular weight is 442 g/mol. The third-order valence-electron chi connectivity index (χ3n) is 4.00. The third kappa shape index (κ3) is 4.87. The molecule has 3 aromatic heterocycles. The summed E-state index contributed by atoms with van der Waals surface area (Å²) >= 11 is 0. The Balaban J connectivity index is 2.08. The van der Waals surface area contributed by atoms with Crippen molar-refractivity contribution < 1.29 is 31.1 Å². The number of aromatic nitrogens is 5. The van der Waals surface area contributed by atoms with Crippen molar-refractivity contribution in [2.75, 3.05) is 0 Å². The summed E-state index contributed by atoms with van der Waals surface area (Å²) in [6.07, 6.45) is -6.60. The summed E-state index contributed by atoms with van der Waals surface area (Å²) in [5.74, 6) is -1.29. The molecule has 0 aliphatic carbocycles. The molecule has 0 fully saturated rings. The molecule has 0 atom stereocenters. The van der Waals surface area contributed by atoms with Gasteiger partial charge in [-0.2, -0.15) is 26.3 Å². The fraction of sp³-hybridized carbons (Fsp3) is 0.167. The molecular formula is C18H12F6N6O. The highest BCUT2D eigenvalue weighted by atomic mass is 19.4. The highest BCUT2D eigenvalue weighted by molar-refractivity contribution is 6.22. The Hall–Kier alpha value is -3.77. The van der Waals surface area contributed by atoms with Gasteiger partial charge in [0.15, 0.2) is 5.82 Å². The molecule has 31 heavy (non-hydrogen) atoms. The van der Waals surface area contributed by atoms with Crippen LogP contribution in [0.2, 0.25) is 0 Å². The molecule has 3 aromatic rings. The maximum atomic E-state index is 13.0. The Bertz CT molecular complexity index is 1130. The van der Waals surface area contributed by atoms with Crippen LogP contribution in [0.3, 0.4) is 0 Å². The maximum absolute atomic E-state index is 13.0. The minimum Gasteiger partial charge on any atom is -0.366 e. The standard InChI is InChI=1S/C18H12F6N6O/c1-9-11(3-2-4-26-9)12(15(25)31)7-30-8-27-16(29-30)10-5-13(17(19,20)21)28-14(6-10)18(22,23)24/h2-8H,1H3,(H2,25,31)/b12-7+. The Labute approximate surface area is 170 Å². The number of nitrogens with two attached hydrogens (primary N) is 1. The molecule has 1 amide bonds. The van der Waals surface area contributed by atoms with E-state index in [0.717, 1.165) is 17.2 Å². The molecule has 0 bridgehead atoms. The molecule has 0 aromatic carbocycles. The van der Waals surface area contributed by atoms with E-state index in [4.69, 9.17) is 5.73 Å². The number of alkyl halides is 6. The summed E-state index contributed by atoms with van der Waals surface area (Å²) in [5, 5.41) is 3.84. The van der Waals surface area contributed by atoms with Crippen LogP contribution in [0.1, 0.15) is 22.6 Å². The number of primary amides is 1. The number of nitrogens with zero attached hydrogens (tertiary/aromatic N) is 5. The number of hydrogen-bond donors (Lipinski definition) is 1. The first kappa shape index (κ1) is 21.9. The van der Waals surface area contributed by atoms with Crippen molar-refractivity contribution in [2.24, 2.45) is 5.73 Å². The van der Waals surface area contributed by atoms with Crippen LogP contribution < -0.4 is 5.73 Å². The predicted molar refractivity (Wildman–Crippen MR) is 95.6 cm³/mol. The summed E-state index contributed by atoms with van der Waals surface area (Å²) in [6.45, 7) is 1.62. The lowest BCUT2D eigenvalue weighted by Gasteiger charge is -2.11. The topological polar surface area (TPSA) is 99.6 Å². The normalized spacial score (nSPS) is 12.8. The van der Waals surface area contributed by atoms with Gasteiger partial charge in [-0.15, -0.1) is 5.10 Å². The van der Waals surface area contributed by atoms with Crippen molar-refractivity contribution in [1.29, 1.82) is 0 Å². The van der Waals surface area contributed by atoms with Crippen LogP contribution in [-0.4, -0.2) is 30.6 Å². The molecule has 0 aliphatic heterocycles. The quantitative estimate of drug-likeness (QED) is 0.492. The minimum atomic E-state index is -5.12. The summed E-state index contributed by atoms with van der Waals surface area (Å²) < 4.78 is 79.0. The zero-order valence-electron chi connectivity index (χ0n) is 15.5. The highest BCUT2D eigenvalue weighted by Gasteiger charge is 2.39. The third-order valence-corrected chi connectivity index (χ3v) is 4.00. The minimum absolute atomic E-state index is 0.0382. The first-order valence-electron chi connectivity index (χ1n) is 8.38. The largest absolute Gasteiger partial charge is 0.433 e. The van der Waals surface area contributed by atoms with E-state index in [1.54, 1.807) is 19.1 Å². The highest BCUT2D eigenvalue weighted by Crippen LogP contribution is 2.35. The molecule has 13 heteroatoms. The number of rotatable bonds is 4. The van der Waals surface area contributed by atoms with Gasteiger partial charge in [-0.1, -0.05) is 6.07 Å². The van der Waals surface area contributed by atoms with Gasteiger partial charge in [0, 0.05) is 29.2 Å². The lowest BCUT2D eigenvalue weighted by Crippen LogP contribution is -2.15. The van der Waals surface area contributed by atoms with Crippen LogP contribution in [0.25, 0.3) is 23.2 Å². The maximum Gasteiger partial charge on any atom is 0.433 e. The zero-order valence-corrected chi connectivity index (χ0v) is 15.5. The van der Waals surface area contributed by atoms with Crippen molar-refractivity contribution >= 4 is 17.7 Å². The van der Waals surface area contributed by atoms with E-state index in [9.17, 15) is 31.1 Å². The lowest BCUT2D eigenvalue weighted by molar-refractivity contribution is -0.150. The van der Waals surface area contributed by atoms with Crippen LogP contribution in [0, 0.1) is 6.92 Å². The molecule has 162 valence electrons. The van der Waals surface area contributed by atoms with E-state index in [-0.39, 0.29) is 5.57 Å². The van der Waals surface area contributed by atoms with E-state index < -0.39 is 41.0 Å². The molecule has 2 N–H and O–H groups in total. The van der Waals surface area contributed by atoms with Crippen LogP contribution in [0.4, 0.5) is 26.3 Å². The van der Waals surface area contributed by atoms with E-state index in [1.807, 2.05) is 0 Å². The summed E-state index contributed by atoms with van der Waals surface area (Å²) in [5.41, 5.74) is 2.14. The molecule has 0 radical (unpaired) electrons. The SMILES string of the molecule is Cc1ncccc1/C(=C\n1cnc(-c2cc(C(F)(F)F)nc(C(F)(F)F)c2)n1)C(N)=O. The smallest absolute Gasteiger partial charge is 0.366 e.